The lowest BCUT2D eigenvalue weighted by atomic mass is 9.95. The van der Waals surface area contributed by atoms with Crippen LogP contribution in [0.4, 0.5) is 11.6 Å². The maximum absolute atomic E-state index is 13.7. The quantitative estimate of drug-likeness (QED) is 0.170. The number of amides is 1. The van der Waals surface area contributed by atoms with Gasteiger partial charge in [-0.2, -0.15) is 0 Å². The molecule has 0 saturated heterocycles. The summed E-state index contributed by atoms with van der Waals surface area (Å²) in [5.74, 6) is -0.941. The summed E-state index contributed by atoms with van der Waals surface area (Å²) in [6.45, 7) is 10.6. The maximum atomic E-state index is 13.7. The molecule has 0 radical (unpaired) electrons. The van der Waals surface area contributed by atoms with E-state index in [4.69, 9.17) is 16.1 Å². The van der Waals surface area contributed by atoms with Crippen LogP contribution in [0, 0.1) is 27.7 Å². The number of anilines is 2. The summed E-state index contributed by atoms with van der Waals surface area (Å²) in [5, 5.41) is 8.00. The van der Waals surface area contributed by atoms with Crippen molar-refractivity contribution in [2.75, 3.05) is 10.6 Å². The standard InChI is InChI=1S/C28H26ClN3O5S2/c1-6-22(31-28-24(29)18(5)32-37-28)39(35,36)21-14-17(4)38-26(21)27(34)30-20-13-15(2)12-16(3)23(20)25(33)19-10-8-7-9-11-19/h6-14,22,31H,1H2,2-5H3,(H,30,34). The van der Waals surface area contributed by atoms with Crippen LogP contribution < -0.4 is 10.6 Å². The molecule has 0 bridgehead atoms. The van der Waals surface area contributed by atoms with Gasteiger partial charge in [0.15, 0.2) is 11.2 Å². The molecule has 2 heterocycles. The van der Waals surface area contributed by atoms with Gasteiger partial charge in [-0.15, -0.1) is 11.3 Å². The minimum atomic E-state index is -4.18. The Morgan fingerprint density at radius 2 is 1.79 bits per heavy atom. The molecular weight excluding hydrogens is 558 g/mol. The van der Waals surface area contributed by atoms with Crippen LogP contribution >= 0.6 is 22.9 Å². The molecule has 2 aromatic heterocycles. The van der Waals surface area contributed by atoms with E-state index in [0.29, 0.717) is 32.9 Å². The van der Waals surface area contributed by atoms with E-state index in [9.17, 15) is 18.0 Å². The molecule has 0 fully saturated rings. The fraction of sp³-hybridized carbons (Fsp3) is 0.179. The number of aromatic nitrogens is 1. The Labute approximate surface area is 235 Å². The average Bonchev–Trinajstić information content (AvgIpc) is 3.44. The van der Waals surface area contributed by atoms with Crippen molar-refractivity contribution in [2.24, 2.45) is 0 Å². The van der Waals surface area contributed by atoms with Gasteiger partial charge in [0.2, 0.25) is 15.7 Å². The molecular formula is C28H26ClN3O5S2. The lowest BCUT2D eigenvalue weighted by Crippen LogP contribution is -2.29. The number of nitrogens with one attached hydrogen (secondary N) is 2. The Morgan fingerprint density at radius 1 is 1.10 bits per heavy atom. The van der Waals surface area contributed by atoms with E-state index in [1.807, 2.05) is 19.1 Å². The third kappa shape index (κ3) is 5.68. The average molecular weight is 584 g/mol. The lowest BCUT2D eigenvalue weighted by Gasteiger charge is -2.17. The molecule has 8 nitrogen and oxygen atoms in total. The van der Waals surface area contributed by atoms with Gasteiger partial charge in [-0.25, -0.2) is 8.42 Å². The van der Waals surface area contributed by atoms with Gasteiger partial charge in [-0.3, -0.25) is 9.59 Å². The van der Waals surface area contributed by atoms with Crippen molar-refractivity contribution in [1.82, 2.24) is 5.16 Å². The van der Waals surface area contributed by atoms with Gasteiger partial charge in [0, 0.05) is 16.0 Å². The predicted molar refractivity (Wildman–Crippen MR) is 154 cm³/mol. The Bertz CT molecular complexity index is 1690. The first-order valence-corrected chi connectivity index (χ1v) is 14.6. The number of benzene rings is 2. The maximum Gasteiger partial charge on any atom is 0.267 e. The van der Waals surface area contributed by atoms with Crippen LogP contribution in [0.5, 0.6) is 0 Å². The summed E-state index contributed by atoms with van der Waals surface area (Å²) < 4.78 is 32.5. The number of ketones is 1. The molecule has 0 aliphatic rings. The molecule has 2 aromatic carbocycles. The topological polar surface area (TPSA) is 118 Å². The first-order chi connectivity index (χ1) is 18.4. The van der Waals surface area contributed by atoms with Crippen LogP contribution in [0.15, 0.2) is 70.6 Å². The number of hydrogen-bond donors (Lipinski definition) is 2. The molecule has 39 heavy (non-hydrogen) atoms. The number of sulfone groups is 1. The van der Waals surface area contributed by atoms with Crippen LogP contribution in [0.2, 0.25) is 5.02 Å². The molecule has 1 amide bonds. The second-order valence-corrected chi connectivity index (χ2v) is 12.6. The van der Waals surface area contributed by atoms with Crippen molar-refractivity contribution in [1.29, 1.82) is 0 Å². The van der Waals surface area contributed by atoms with Crippen LogP contribution in [-0.2, 0) is 9.84 Å². The normalized spacial score (nSPS) is 12.1. The van der Waals surface area contributed by atoms with Crippen molar-refractivity contribution in [3.05, 3.63) is 104 Å². The molecule has 4 rings (SSSR count). The Kier molecular flexibility index (Phi) is 8.10. The number of halogens is 1. The number of carbonyl (C=O) groups excluding carboxylic acids is 2. The monoisotopic (exact) mass is 583 g/mol. The van der Waals surface area contributed by atoms with Crippen molar-refractivity contribution in [3.8, 4) is 0 Å². The van der Waals surface area contributed by atoms with Crippen LogP contribution in [0.25, 0.3) is 0 Å². The molecule has 11 heteroatoms. The number of nitrogens with zero attached hydrogens (tertiary/aromatic N) is 1. The first-order valence-electron chi connectivity index (χ1n) is 11.8. The van der Waals surface area contributed by atoms with Crippen molar-refractivity contribution in [2.45, 2.75) is 38.0 Å². The fourth-order valence-electron chi connectivity index (χ4n) is 4.12. The smallest absolute Gasteiger partial charge is 0.267 e. The van der Waals surface area contributed by atoms with Gasteiger partial charge in [0.05, 0.1) is 10.6 Å². The number of carbonyl (C=O) groups is 2. The zero-order chi connectivity index (χ0) is 28.5. The molecule has 2 N–H and O–H groups in total. The summed E-state index contributed by atoms with van der Waals surface area (Å²) in [6.07, 6.45) is 1.18. The molecule has 0 spiro atoms. The first kappa shape index (κ1) is 28.3. The summed E-state index contributed by atoms with van der Waals surface area (Å²) in [7, 11) is -4.18. The molecule has 1 atom stereocenters. The van der Waals surface area contributed by atoms with Crippen LogP contribution in [-0.4, -0.2) is 30.6 Å². The third-order valence-corrected chi connectivity index (χ3v) is 9.48. The number of thiophene rings is 1. The van der Waals surface area contributed by atoms with Crippen molar-refractivity contribution >= 4 is 56.0 Å². The highest BCUT2D eigenvalue weighted by Gasteiger charge is 2.33. The second-order valence-electron chi connectivity index (χ2n) is 8.96. The molecule has 0 saturated carbocycles. The van der Waals surface area contributed by atoms with E-state index < -0.39 is 21.1 Å². The minimum absolute atomic E-state index is 0.0279. The van der Waals surface area contributed by atoms with Gasteiger partial charge in [-0.05, 0) is 51.0 Å². The molecule has 4 aromatic rings. The van der Waals surface area contributed by atoms with E-state index in [0.717, 1.165) is 16.9 Å². The number of rotatable bonds is 9. The van der Waals surface area contributed by atoms with Gasteiger partial charge < -0.3 is 15.2 Å². The molecule has 202 valence electrons. The second kappa shape index (κ2) is 11.2. The van der Waals surface area contributed by atoms with Crippen molar-refractivity contribution < 1.29 is 22.5 Å². The summed E-state index contributed by atoms with van der Waals surface area (Å²) in [5.41, 5.74) is 3.00. The van der Waals surface area contributed by atoms with Gasteiger partial charge >= 0.3 is 0 Å². The highest BCUT2D eigenvalue weighted by molar-refractivity contribution is 7.92. The van der Waals surface area contributed by atoms with Gasteiger partial charge in [0.25, 0.3) is 5.91 Å². The largest absolute Gasteiger partial charge is 0.337 e. The van der Waals surface area contributed by atoms with Gasteiger partial charge in [-0.1, -0.05) is 65.8 Å². The van der Waals surface area contributed by atoms with Crippen LogP contribution in [0.1, 0.15) is 47.3 Å². The summed E-state index contributed by atoms with van der Waals surface area (Å²) >= 11 is 7.18. The minimum Gasteiger partial charge on any atom is -0.337 e. The zero-order valence-corrected chi connectivity index (χ0v) is 24.1. The Hall–Kier alpha value is -3.73. The van der Waals surface area contributed by atoms with Gasteiger partial charge in [0.1, 0.15) is 15.6 Å². The predicted octanol–water partition coefficient (Wildman–Crippen LogP) is 6.50. The van der Waals surface area contributed by atoms with E-state index in [1.165, 1.54) is 12.1 Å². The molecule has 0 aliphatic carbocycles. The Balaban J connectivity index is 1.72. The molecule has 1 unspecified atom stereocenters. The lowest BCUT2D eigenvalue weighted by molar-refractivity contribution is 0.102. The summed E-state index contributed by atoms with van der Waals surface area (Å²) in [4.78, 5) is 27.4. The summed E-state index contributed by atoms with van der Waals surface area (Å²) in [6, 6.07) is 13.7. The van der Waals surface area contributed by atoms with Crippen LogP contribution in [0.3, 0.4) is 0 Å². The Morgan fingerprint density at radius 3 is 2.41 bits per heavy atom. The van der Waals surface area contributed by atoms with Crippen molar-refractivity contribution in [3.63, 3.8) is 0 Å². The van der Waals surface area contributed by atoms with E-state index in [-0.39, 0.29) is 26.5 Å². The SMILES string of the molecule is C=CC(Nc1onc(C)c1Cl)S(=O)(=O)c1cc(C)sc1C(=O)Nc1cc(C)cc(C)c1C(=O)c1ccccc1. The number of aryl methyl sites for hydroxylation is 4. The zero-order valence-electron chi connectivity index (χ0n) is 21.7. The highest BCUT2D eigenvalue weighted by Crippen LogP contribution is 2.33. The number of hydrogen-bond acceptors (Lipinski definition) is 8. The van der Waals surface area contributed by atoms with E-state index in [1.54, 1.807) is 51.1 Å². The van der Waals surface area contributed by atoms with E-state index >= 15 is 0 Å². The molecule has 0 aliphatic heterocycles. The third-order valence-electron chi connectivity index (χ3n) is 5.94. The van der Waals surface area contributed by atoms with E-state index in [2.05, 4.69) is 22.4 Å². The highest BCUT2D eigenvalue weighted by atomic mass is 35.5. The fourth-order valence-corrected chi connectivity index (χ4v) is 7.07.